The Morgan fingerprint density at radius 2 is 1.77 bits per heavy atom. The lowest BCUT2D eigenvalue weighted by Crippen LogP contribution is -2.48. The van der Waals surface area contributed by atoms with Crippen LogP contribution in [0.15, 0.2) is 73.1 Å². The summed E-state index contributed by atoms with van der Waals surface area (Å²) in [5, 5.41) is 0.755. The molecular formula is C25H26ClN3O. The van der Waals surface area contributed by atoms with Gasteiger partial charge in [-0.1, -0.05) is 54.1 Å². The van der Waals surface area contributed by atoms with Gasteiger partial charge < -0.3 is 5.73 Å². The molecule has 2 heterocycles. The van der Waals surface area contributed by atoms with E-state index < -0.39 is 5.41 Å². The largest absolute Gasteiger partial charge is 0.369 e. The van der Waals surface area contributed by atoms with Crippen LogP contribution >= 0.6 is 11.6 Å². The molecule has 1 aromatic heterocycles. The number of benzene rings is 2. The minimum absolute atomic E-state index is 0.193. The lowest BCUT2D eigenvalue weighted by molar-refractivity contribution is -0.130. The zero-order valence-electron chi connectivity index (χ0n) is 16.9. The lowest BCUT2D eigenvalue weighted by atomic mass is 9.73. The van der Waals surface area contributed by atoms with Crippen LogP contribution in [-0.4, -0.2) is 28.9 Å². The van der Waals surface area contributed by atoms with Gasteiger partial charge in [-0.25, -0.2) is 0 Å². The number of rotatable bonds is 6. The molecule has 4 nitrogen and oxygen atoms in total. The lowest BCUT2D eigenvalue weighted by Gasteiger charge is -2.40. The number of hydrogen-bond acceptors (Lipinski definition) is 3. The third-order valence-corrected chi connectivity index (χ3v) is 6.36. The summed E-state index contributed by atoms with van der Waals surface area (Å²) in [4.78, 5) is 19.0. The molecule has 3 aromatic rings. The summed E-state index contributed by atoms with van der Waals surface area (Å²) in [7, 11) is 0. The molecule has 0 atom stereocenters. The first-order valence-electron chi connectivity index (χ1n) is 10.3. The van der Waals surface area contributed by atoms with Crippen LogP contribution < -0.4 is 5.73 Å². The fourth-order valence-corrected chi connectivity index (χ4v) is 4.50. The number of nitrogens with zero attached hydrogens (tertiary/aromatic N) is 2. The van der Waals surface area contributed by atoms with Crippen LogP contribution in [0, 0.1) is 5.41 Å². The molecule has 1 aliphatic rings. The molecule has 0 radical (unpaired) electrons. The van der Waals surface area contributed by atoms with Crippen LogP contribution in [0.25, 0.3) is 11.1 Å². The molecule has 1 aliphatic heterocycles. The van der Waals surface area contributed by atoms with Crippen molar-refractivity contribution < 1.29 is 4.79 Å². The SMILES string of the molecule is NC(=O)C1(Cc2ccc(-c3cccnc3)cc2)CCN(Cc2cccc(Cl)c2)CC1. The predicted octanol–water partition coefficient (Wildman–Crippen LogP) is 4.71. The molecule has 0 bridgehead atoms. The fourth-order valence-electron chi connectivity index (χ4n) is 4.28. The Labute approximate surface area is 182 Å². The third-order valence-electron chi connectivity index (χ3n) is 6.12. The number of nitrogens with two attached hydrogens (primary N) is 1. The van der Waals surface area contributed by atoms with Gasteiger partial charge in [-0.2, -0.15) is 0 Å². The van der Waals surface area contributed by atoms with Gasteiger partial charge in [0.25, 0.3) is 0 Å². The molecule has 1 amide bonds. The van der Waals surface area contributed by atoms with Gasteiger partial charge in [0.05, 0.1) is 5.41 Å². The van der Waals surface area contributed by atoms with E-state index in [0.717, 1.165) is 54.2 Å². The molecule has 2 N–H and O–H groups in total. The van der Waals surface area contributed by atoms with E-state index in [9.17, 15) is 4.79 Å². The van der Waals surface area contributed by atoms with Crippen LogP contribution in [0.1, 0.15) is 24.0 Å². The second-order valence-electron chi connectivity index (χ2n) is 8.17. The number of aromatic nitrogens is 1. The average molecular weight is 420 g/mol. The van der Waals surface area contributed by atoms with Crippen LogP contribution in [-0.2, 0) is 17.8 Å². The first kappa shape index (κ1) is 20.6. The number of halogens is 1. The molecule has 30 heavy (non-hydrogen) atoms. The van der Waals surface area contributed by atoms with Crippen LogP contribution in [0.2, 0.25) is 5.02 Å². The van der Waals surface area contributed by atoms with E-state index >= 15 is 0 Å². The van der Waals surface area contributed by atoms with E-state index in [2.05, 4.69) is 40.2 Å². The van der Waals surface area contributed by atoms with Crippen molar-refractivity contribution in [2.45, 2.75) is 25.8 Å². The Morgan fingerprint density at radius 3 is 2.40 bits per heavy atom. The number of carbonyl (C=O) groups is 1. The van der Waals surface area contributed by atoms with Crippen molar-refractivity contribution in [1.29, 1.82) is 0 Å². The highest BCUT2D eigenvalue weighted by molar-refractivity contribution is 6.30. The standard InChI is InChI=1S/C25H26ClN3O/c26-23-5-1-3-20(15-23)18-29-13-10-25(11-14-29,24(27)30)16-19-6-8-21(9-7-19)22-4-2-12-28-17-22/h1-9,12,15,17H,10-11,13-14,16,18H2,(H2,27,30). The van der Waals surface area contributed by atoms with Gasteiger partial charge >= 0.3 is 0 Å². The summed E-state index contributed by atoms with van der Waals surface area (Å²) in [5.41, 5.74) is 9.97. The number of hydrogen-bond donors (Lipinski definition) is 1. The molecule has 0 saturated carbocycles. The van der Waals surface area contributed by atoms with Crippen molar-refractivity contribution in [3.05, 3.63) is 89.2 Å². The van der Waals surface area contributed by atoms with Crippen molar-refractivity contribution in [3.8, 4) is 11.1 Å². The smallest absolute Gasteiger partial charge is 0.224 e. The summed E-state index contributed by atoms with van der Waals surface area (Å²) in [6.07, 6.45) is 5.85. The maximum Gasteiger partial charge on any atom is 0.224 e. The van der Waals surface area contributed by atoms with Crippen LogP contribution in [0.4, 0.5) is 0 Å². The normalized spacial score (nSPS) is 16.3. The number of pyridine rings is 1. The Hall–Kier alpha value is -2.69. The maximum absolute atomic E-state index is 12.5. The van der Waals surface area contributed by atoms with Gasteiger partial charge in [-0.05, 0) is 72.8 Å². The number of piperidine rings is 1. The molecule has 0 aliphatic carbocycles. The Morgan fingerprint density at radius 1 is 1.00 bits per heavy atom. The van der Waals surface area contributed by atoms with E-state index in [1.165, 1.54) is 5.56 Å². The van der Waals surface area contributed by atoms with Crippen molar-refractivity contribution >= 4 is 17.5 Å². The third kappa shape index (κ3) is 4.72. The minimum atomic E-state index is -0.485. The van der Waals surface area contributed by atoms with E-state index in [1.54, 1.807) is 6.20 Å². The molecule has 154 valence electrons. The van der Waals surface area contributed by atoms with Gasteiger partial charge in [0, 0.05) is 24.0 Å². The molecule has 1 fully saturated rings. The summed E-state index contributed by atoms with van der Waals surface area (Å²) < 4.78 is 0. The van der Waals surface area contributed by atoms with Gasteiger partial charge in [0.15, 0.2) is 0 Å². The zero-order chi connectivity index (χ0) is 21.0. The van der Waals surface area contributed by atoms with E-state index in [-0.39, 0.29) is 5.91 Å². The van der Waals surface area contributed by atoms with Crippen molar-refractivity contribution in [1.82, 2.24) is 9.88 Å². The Kier molecular flexibility index (Phi) is 6.16. The zero-order valence-corrected chi connectivity index (χ0v) is 17.7. The second kappa shape index (κ2) is 8.99. The molecule has 5 heteroatoms. The van der Waals surface area contributed by atoms with Crippen LogP contribution in [0.5, 0.6) is 0 Å². The number of amides is 1. The van der Waals surface area contributed by atoms with E-state index in [1.807, 2.05) is 36.5 Å². The fraction of sp³-hybridized carbons (Fsp3) is 0.280. The van der Waals surface area contributed by atoms with Crippen molar-refractivity contribution in [2.24, 2.45) is 11.1 Å². The Balaban J connectivity index is 1.42. The van der Waals surface area contributed by atoms with Crippen molar-refractivity contribution in [3.63, 3.8) is 0 Å². The average Bonchev–Trinajstić information content (AvgIpc) is 2.76. The molecule has 4 rings (SSSR count). The Bertz CT molecular complexity index is 996. The second-order valence-corrected chi connectivity index (χ2v) is 8.60. The number of likely N-dealkylation sites (tertiary alicyclic amines) is 1. The minimum Gasteiger partial charge on any atom is -0.369 e. The maximum atomic E-state index is 12.5. The molecule has 2 aromatic carbocycles. The first-order valence-corrected chi connectivity index (χ1v) is 10.7. The summed E-state index contributed by atoms with van der Waals surface area (Å²) >= 11 is 6.11. The highest BCUT2D eigenvalue weighted by Crippen LogP contribution is 2.36. The molecule has 0 spiro atoms. The number of carbonyl (C=O) groups excluding carboxylic acids is 1. The number of primary amides is 1. The van der Waals surface area contributed by atoms with E-state index in [4.69, 9.17) is 17.3 Å². The highest BCUT2D eigenvalue weighted by Gasteiger charge is 2.39. The van der Waals surface area contributed by atoms with Gasteiger partial charge in [0.1, 0.15) is 0 Å². The summed E-state index contributed by atoms with van der Waals surface area (Å²) in [6.45, 7) is 2.54. The monoisotopic (exact) mass is 419 g/mol. The van der Waals surface area contributed by atoms with Gasteiger partial charge in [-0.15, -0.1) is 0 Å². The summed E-state index contributed by atoms with van der Waals surface area (Å²) in [6, 6.07) is 20.3. The van der Waals surface area contributed by atoms with Crippen LogP contribution in [0.3, 0.4) is 0 Å². The van der Waals surface area contributed by atoms with Crippen molar-refractivity contribution in [2.75, 3.05) is 13.1 Å². The highest BCUT2D eigenvalue weighted by atomic mass is 35.5. The molecular weight excluding hydrogens is 394 g/mol. The molecule has 0 unspecified atom stereocenters. The molecule has 1 saturated heterocycles. The quantitative estimate of drug-likeness (QED) is 0.629. The first-order chi connectivity index (χ1) is 14.5. The summed E-state index contributed by atoms with van der Waals surface area (Å²) in [5.74, 6) is -0.193. The van der Waals surface area contributed by atoms with Gasteiger partial charge in [-0.3, -0.25) is 14.7 Å². The van der Waals surface area contributed by atoms with Gasteiger partial charge in [0.2, 0.25) is 5.91 Å². The topological polar surface area (TPSA) is 59.2 Å². The predicted molar refractivity (Wildman–Crippen MR) is 121 cm³/mol. The van der Waals surface area contributed by atoms with E-state index in [0.29, 0.717) is 6.42 Å².